The van der Waals surface area contributed by atoms with Gasteiger partial charge in [0, 0.05) is 24.0 Å². The molecule has 0 saturated carbocycles. The number of nitrogens with zero attached hydrogens (tertiary/aromatic N) is 3. The number of nitrogens with two attached hydrogens (primary N) is 1. The van der Waals surface area contributed by atoms with Gasteiger partial charge in [-0.3, -0.25) is 9.69 Å². The van der Waals surface area contributed by atoms with Crippen LogP contribution in [0.5, 0.6) is 0 Å². The van der Waals surface area contributed by atoms with Crippen molar-refractivity contribution in [1.82, 2.24) is 14.9 Å². The smallest absolute Gasteiger partial charge is 0.231 e. The number of aromatic nitrogens is 2. The maximum Gasteiger partial charge on any atom is 0.231 e. The monoisotopic (exact) mass is 401 g/mol. The number of carbonyl (C=O) groups is 1. The van der Waals surface area contributed by atoms with E-state index < -0.39 is 0 Å². The predicted molar refractivity (Wildman–Crippen MR) is 112 cm³/mol. The maximum atomic E-state index is 11.1. The van der Waals surface area contributed by atoms with Crippen LogP contribution in [0.2, 0.25) is 0 Å². The molecule has 142 valence electrons. The molecule has 0 aliphatic carbocycles. The van der Waals surface area contributed by atoms with Crippen molar-refractivity contribution in [3.05, 3.63) is 28.0 Å². The van der Waals surface area contributed by atoms with Gasteiger partial charge >= 0.3 is 0 Å². The molecule has 0 aromatic carbocycles. The second kappa shape index (κ2) is 7.53. The van der Waals surface area contributed by atoms with E-state index in [1.807, 2.05) is 6.07 Å². The number of piperidine rings is 1. The molecule has 27 heavy (non-hydrogen) atoms. The van der Waals surface area contributed by atoms with Crippen molar-refractivity contribution in [2.45, 2.75) is 32.7 Å². The van der Waals surface area contributed by atoms with E-state index in [1.165, 1.54) is 10.4 Å². The average molecular weight is 402 g/mol. The molecule has 1 aliphatic heterocycles. The van der Waals surface area contributed by atoms with Crippen LogP contribution in [-0.2, 0) is 4.79 Å². The lowest BCUT2D eigenvalue weighted by molar-refractivity contribution is -0.119. The Morgan fingerprint density at radius 3 is 2.78 bits per heavy atom. The van der Waals surface area contributed by atoms with E-state index in [0.29, 0.717) is 12.6 Å². The van der Waals surface area contributed by atoms with Gasteiger partial charge in [-0.05, 0) is 43.7 Å². The van der Waals surface area contributed by atoms with E-state index in [4.69, 9.17) is 15.7 Å². The lowest BCUT2D eigenvalue weighted by atomic mass is 10.0. The zero-order chi connectivity index (χ0) is 19.0. The lowest BCUT2D eigenvalue weighted by Crippen LogP contribution is -2.43. The first-order valence-corrected chi connectivity index (χ1v) is 10.8. The zero-order valence-electron chi connectivity index (χ0n) is 15.5. The van der Waals surface area contributed by atoms with Gasteiger partial charge in [0.2, 0.25) is 5.91 Å². The molecular formula is C19H23N5OS2. The van der Waals surface area contributed by atoms with Crippen LogP contribution < -0.4 is 11.1 Å². The van der Waals surface area contributed by atoms with Crippen LogP contribution in [0, 0.1) is 13.8 Å². The van der Waals surface area contributed by atoms with Crippen molar-refractivity contribution in [1.29, 1.82) is 0 Å². The molecule has 1 aliphatic rings. The molecule has 3 N–H and O–H groups in total. The van der Waals surface area contributed by atoms with Crippen molar-refractivity contribution in [2.75, 3.05) is 25.0 Å². The van der Waals surface area contributed by atoms with Gasteiger partial charge in [-0.25, -0.2) is 9.97 Å². The Labute approximate surface area is 166 Å². The van der Waals surface area contributed by atoms with Gasteiger partial charge in [-0.15, -0.1) is 22.7 Å². The third kappa shape index (κ3) is 3.83. The van der Waals surface area contributed by atoms with Crippen molar-refractivity contribution < 1.29 is 4.79 Å². The van der Waals surface area contributed by atoms with Crippen LogP contribution in [-0.4, -0.2) is 46.5 Å². The summed E-state index contributed by atoms with van der Waals surface area (Å²) < 4.78 is 0. The fraction of sp³-hybridized carbons (Fsp3) is 0.421. The largest absolute Gasteiger partial charge is 0.369 e. The molecule has 4 heterocycles. The molecule has 3 aromatic rings. The van der Waals surface area contributed by atoms with E-state index in [9.17, 15) is 4.79 Å². The van der Waals surface area contributed by atoms with Gasteiger partial charge in [-0.1, -0.05) is 6.07 Å². The van der Waals surface area contributed by atoms with Gasteiger partial charge < -0.3 is 11.1 Å². The second-order valence-electron chi connectivity index (χ2n) is 7.00. The molecule has 0 spiro atoms. The van der Waals surface area contributed by atoms with Gasteiger partial charge in [0.1, 0.15) is 10.6 Å². The van der Waals surface area contributed by atoms with Crippen LogP contribution in [0.15, 0.2) is 17.5 Å². The molecular weight excluding hydrogens is 378 g/mol. The quantitative estimate of drug-likeness (QED) is 0.684. The van der Waals surface area contributed by atoms with Gasteiger partial charge in [0.15, 0.2) is 5.82 Å². The standard InChI is InChI=1S/C19H23N5OS2/c1-11-12(2)27-19-16(11)18(22-17(23-19)14-4-3-9-26-14)21-13-5-7-24(8-6-13)10-15(20)25/h3-4,9,13H,5-8,10H2,1-2H3,(H2,20,25)(H,21,22,23). The van der Waals surface area contributed by atoms with E-state index in [2.05, 4.69) is 35.5 Å². The van der Waals surface area contributed by atoms with Gasteiger partial charge in [-0.2, -0.15) is 0 Å². The Morgan fingerprint density at radius 1 is 1.33 bits per heavy atom. The van der Waals surface area contributed by atoms with E-state index >= 15 is 0 Å². The summed E-state index contributed by atoms with van der Waals surface area (Å²) >= 11 is 3.39. The molecule has 0 atom stereocenters. The second-order valence-corrected chi connectivity index (χ2v) is 9.15. The molecule has 4 rings (SSSR count). The molecule has 8 heteroatoms. The number of hydrogen-bond donors (Lipinski definition) is 2. The zero-order valence-corrected chi connectivity index (χ0v) is 17.1. The number of nitrogens with one attached hydrogen (secondary N) is 1. The summed E-state index contributed by atoms with van der Waals surface area (Å²) in [6.45, 7) is 6.36. The number of carbonyl (C=O) groups excluding carboxylic acids is 1. The highest BCUT2D eigenvalue weighted by Gasteiger charge is 2.23. The van der Waals surface area contributed by atoms with Crippen molar-refractivity contribution in [3.8, 4) is 10.7 Å². The highest BCUT2D eigenvalue weighted by Crippen LogP contribution is 2.36. The number of rotatable bonds is 5. The van der Waals surface area contributed by atoms with Gasteiger partial charge in [0.25, 0.3) is 0 Å². The van der Waals surface area contributed by atoms with Crippen LogP contribution in [0.1, 0.15) is 23.3 Å². The highest BCUT2D eigenvalue weighted by molar-refractivity contribution is 7.19. The number of aryl methyl sites for hydroxylation is 2. The van der Waals surface area contributed by atoms with Crippen molar-refractivity contribution >= 4 is 44.6 Å². The molecule has 6 nitrogen and oxygen atoms in total. The third-order valence-electron chi connectivity index (χ3n) is 5.08. The topological polar surface area (TPSA) is 84.1 Å². The molecule has 1 amide bonds. The summed E-state index contributed by atoms with van der Waals surface area (Å²) in [5.41, 5.74) is 6.57. The summed E-state index contributed by atoms with van der Waals surface area (Å²) in [5, 5.41) is 6.86. The minimum absolute atomic E-state index is 0.260. The fourth-order valence-electron chi connectivity index (χ4n) is 3.52. The molecule has 0 radical (unpaired) electrons. The van der Waals surface area contributed by atoms with E-state index in [-0.39, 0.29) is 5.91 Å². The summed E-state index contributed by atoms with van der Waals surface area (Å²) in [7, 11) is 0. The SMILES string of the molecule is Cc1sc2nc(-c3cccs3)nc(NC3CCN(CC(N)=O)CC3)c2c1C. The summed E-state index contributed by atoms with van der Waals surface area (Å²) in [5.74, 6) is 1.45. The molecule has 1 fully saturated rings. The van der Waals surface area contributed by atoms with E-state index in [0.717, 1.165) is 52.7 Å². The van der Waals surface area contributed by atoms with Crippen LogP contribution >= 0.6 is 22.7 Å². The first-order valence-electron chi connectivity index (χ1n) is 9.10. The Morgan fingerprint density at radius 2 is 2.11 bits per heavy atom. The van der Waals surface area contributed by atoms with Crippen molar-refractivity contribution in [2.24, 2.45) is 5.73 Å². The Hall–Kier alpha value is -2.03. The minimum atomic E-state index is -0.260. The first kappa shape index (κ1) is 18.3. The number of anilines is 1. The third-order valence-corrected chi connectivity index (χ3v) is 7.05. The normalized spacial score (nSPS) is 16.1. The number of hydrogen-bond acceptors (Lipinski definition) is 7. The summed E-state index contributed by atoms with van der Waals surface area (Å²) in [4.78, 5) is 26.3. The minimum Gasteiger partial charge on any atom is -0.369 e. The van der Waals surface area contributed by atoms with Crippen molar-refractivity contribution in [3.63, 3.8) is 0 Å². The molecule has 0 unspecified atom stereocenters. The fourth-order valence-corrected chi connectivity index (χ4v) is 5.21. The predicted octanol–water partition coefficient (Wildman–Crippen LogP) is 3.40. The summed E-state index contributed by atoms with van der Waals surface area (Å²) in [6, 6.07) is 4.42. The lowest BCUT2D eigenvalue weighted by Gasteiger charge is -2.31. The summed E-state index contributed by atoms with van der Waals surface area (Å²) in [6.07, 6.45) is 1.94. The van der Waals surface area contributed by atoms with Crippen LogP contribution in [0.4, 0.5) is 5.82 Å². The number of primary amides is 1. The van der Waals surface area contributed by atoms with Crippen LogP contribution in [0.3, 0.4) is 0 Å². The van der Waals surface area contributed by atoms with Crippen LogP contribution in [0.25, 0.3) is 20.9 Å². The first-order chi connectivity index (χ1) is 13.0. The maximum absolute atomic E-state index is 11.1. The average Bonchev–Trinajstić information content (AvgIpc) is 3.25. The number of thiophene rings is 2. The number of fused-ring (bicyclic) bond motifs is 1. The number of amides is 1. The molecule has 0 bridgehead atoms. The molecule has 3 aromatic heterocycles. The number of likely N-dealkylation sites (tertiary alicyclic amines) is 1. The van der Waals surface area contributed by atoms with Gasteiger partial charge in [0.05, 0.1) is 16.8 Å². The molecule has 1 saturated heterocycles. The Bertz CT molecular complexity index is 958. The Kier molecular flexibility index (Phi) is 5.12. The van der Waals surface area contributed by atoms with E-state index in [1.54, 1.807) is 22.7 Å². The highest BCUT2D eigenvalue weighted by atomic mass is 32.1. The Balaban J connectivity index is 1.62.